The van der Waals surface area contributed by atoms with Crippen LogP contribution in [0.2, 0.25) is 0 Å². The number of rotatable bonds is 0. The number of ether oxygens (including phenoxy) is 2. The van der Waals surface area contributed by atoms with E-state index in [4.69, 9.17) is 23.1 Å². The van der Waals surface area contributed by atoms with Gasteiger partial charge < -0.3 is 15.2 Å². The van der Waals surface area contributed by atoms with Crippen molar-refractivity contribution in [2.45, 2.75) is 12.0 Å². The Morgan fingerprint density at radius 2 is 2.12 bits per heavy atom. The van der Waals surface area contributed by atoms with E-state index in [1.165, 1.54) is 0 Å². The van der Waals surface area contributed by atoms with Gasteiger partial charge in [0.05, 0.1) is 0 Å². The fourth-order valence-corrected chi connectivity index (χ4v) is 2.17. The van der Waals surface area contributed by atoms with E-state index >= 15 is 0 Å². The van der Waals surface area contributed by atoms with Crippen molar-refractivity contribution in [2.24, 2.45) is 10.7 Å². The Morgan fingerprint density at radius 1 is 1.31 bits per heavy atom. The molecular weight excluding hydrogens is 203 g/mol. The molecule has 3 rings (SSSR count). The molecule has 80 valence electrons. The van der Waals surface area contributed by atoms with Crippen molar-refractivity contribution in [3.8, 4) is 5.75 Å². The minimum absolute atomic E-state index is 0.246. The second-order valence-electron chi connectivity index (χ2n) is 4.30. The average Bonchev–Trinajstić information content (AvgIpc) is 2.59. The number of nitrogens with zero attached hydrogens (tertiary/aromatic N) is 1. The van der Waals surface area contributed by atoms with Crippen LogP contribution in [0.1, 0.15) is 5.56 Å². The Labute approximate surface area is 94.9 Å². The molecule has 1 aromatic rings. The zero-order valence-corrected chi connectivity index (χ0v) is 8.77. The Hall–Kier alpha value is -1.65. The van der Waals surface area contributed by atoms with Gasteiger partial charge in [-0.1, -0.05) is 17.6 Å². The first-order valence-electron chi connectivity index (χ1n) is 5.16. The standard InChI is InChI=1S/C11H11BN2O2/c12-8-1-2-9-7(3-8)4-11(5-15-9)6-16-10(13)14-11/h1-3H,4-6H2,(H2,13,14). The summed E-state index contributed by atoms with van der Waals surface area (Å²) >= 11 is 0. The number of nitrogens with two attached hydrogens (primary N) is 1. The first-order valence-corrected chi connectivity index (χ1v) is 5.16. The fourth-order valence-electron chi connectivity index (χ4n) is 2.17. The third-order valence-electron chi connectivity index (χ3n) is 2.94. The molecule has 16 heavy (non-hydrogen) atoms. The Morgan fingerprint density at radius 3 is 2.88 bits per heavy atom. The Balaban J connectivity index is 1.97. The third kappa shape index (κ3) is 1.43. The van der Waals surface area contributed by atoms with Gasteiger partial charge >= 0.3 is 0 Å². The highest BCUT2D eigenvalue weighted by atomic mass is 16.5. The molecule has 1 unspecified atom stereocenters. The number of amidine groups is 1. The van der Waals surface area contributed by atoms with Gasteiger partial charge in [-0.25, -0.2) is 4.99 Å². The summed E-state index contributed by atoms with van der Waals surface area (Å²) in [5, 5.41) is 0. The zero-order chi connectivity index (χ0) is 11.2. The van der Waals surface area contributed by atoms with E-state index in [2.05, 4.69) is 4.99 Å². The van der Waals surface area contributed by atoms with Crippen LogP contribution in [0, 0.1) is 0 Å². The van der Waals surface area contributed by atoms with E-state index in [9.17, 15) is 0 Å². The molecule has 5 heteroatoms. The predicted molar refractivity (Wildman–Crippen MR) is 61.3 cm³/mol. The van der Waals surface area contributed by atoms with Crippen molar-refractivity contribution < 1.29 is 9.47 Å². The molecule has 4 nitrogen and oxygen atoms in total. The molecule has 2 aliphatic rings. The van der Waals surface area contributed by atoms with Crippen LogP contribution >= 0.6 is 0 Å². The molecule has 0 amide bonds. The molecular formula is C11H11BN2O2. The lowest BCUT2D eigenvalue weighted by Gasteiger charge is -2.30. The maximum absolute atomic E-state index is 5.75. The molecule has 0 saturated carbocycles. The predicted octanol–water partition coefficient (Wildman–Crippen LogP) is -0.501. The lowest BCUT2D eigenvalue weighted by atomic mass is 9.86. The lowest BCUT2D eigenvalue weighted by Crippen LogP contribution is -2.41. The molecule has 1 spiro atoms. The maximum atomic E-state index is 5.75. The monoisotopic (exact) mass is 214 g/mol. The van der Waals surface area contributed by atoms with Crippen molar-refractivity contribution in [1.29, 1.82) is 0 Å². The topological polar surface area (TPSA) is 56.8 Å². The highest BCUT2D eigenvalue weighted by molar-refractivity contribution is 6.32. The first kappa shape index (κ1) is 9.57. The van der Waals surface area contributed by atoms with Gasteiger partial charge in [-0.05, 0) is 11.6 Å². The quantitative estimate of drug-likeness (QED) is 0.592. The van der Waals surface area contributed by atoms with E-state index in [1.807, 2.05) is 18.2 Å². The van der Waals surface area contributed by atoms with Crippen LogP contribution in [0.15, 0.2) is 23.2 Å². The SMILES string of the molecule is [B]c1ccc2c(c1)CC1(COC(N)=N1)CO2. The fraction of sp³-hybridized carbons (Fsp3) is 0.364. The smallest absolute Gasteiger partial charge is 0.282 e. The summed E-state index contributed by atoms with van der Waals surface area (Å²) in [6.07, 6.45) is 0.758. The van der Waals surface area contributed by atoms with Gasteiger partial charge in [0.2, 0.25) is 0 Å². The molecule has 2 aliphatic heterocycles. The van der Waals surface area contributed by atoms with Crippen LogP contribution in [0.4, 0.5) is 0 Å². The maximum Gasteiger partial charge on any atom is 0.282 e. The van der Waals surface area contributed by atoms with Crippen LogP contribution in [0.5, 0.6) is 5.75 Å². The molecule has 0 saturated heterocycles. The summed E-state index contributed by atoms with van der Waals surface area (Å²) in [5.74, 6) is 0.875. The van der Waals surface area contributed by atoms with Gasteiger partial charge in [0.15, 0.2) is 0 Å². The second kappa shape index (κ2) is 3.17. The normalized spacial score (nSPS) is 26.9. The highest BCUT2D eigenvalue weighted by Gasteiger charge is 2.40. The number of fused-ring (bicyclic) bond motifs is 1. The van der Waals surface area contributed by atoms with E-state index in [1.54, 1.807) is 0 Å². The van der Waals surface area contributed by atoms with Gasteiger partial charge in [-0.2, -0.15) is 0 Å². The number of hydrogen-bond acceptors (Lipinski definition) is 4. The lowest BCUT2D eigenvalue weighted by molar-refractivity contribution is 0.153. The minimum atomic E-state index is -0.356. The molecule has 2 N–H and O–H groups in total. The highest BCUT2D eigenvalue weighted by Crippen LogP contribution is 2.33. The molecule has 0 aromatic heterocycles. The molecule has 0 aliphatic carbocycles. The van der Waals surface area contributed by atoms with Crippen molar-refractivity contribution in [2.75, 3.05) is 13.2 Å². The van der Waals surface area contributed by atoms with E-state index in [0.717, 1.165) is 23.2 Å². The summed E-state index contributed by atoms with van der Waals surface area (Å²) in [6, 6.07) is 5.89. The summed E-state index contributed by atoms with van der Waals surface area (Å²) in [6.45, 7) is 0.984. The number of hydrogen-bond donors (Lipinski definition) is 1. The van der Waals surface area contributed by atoms with Crippen molar-refractivity contribution in [3.05, 3.63) is 23.8 Å². The average molecular weight is 214 g/mol. The van der Waals surface area contributed by atoms with Crippen molar-refractivity contribution in [3.63, 3.8) is 0 Å². The van der Waals surface area contributed by atoms with E-state index in [-0.39, 0.29) is 11.6 Å². The molecule has 1 aromatic carbocycles. The molecule has 0 fully saturated rings. The Bertz CT molecular complexity index is 475. The van der Waals surface area contributed by atoms with Gasteiger partial charge in [0.25, 0.3) is 6.02 Å². The Kier molecular flexibility index (Phi) is 1.90. The zero-order valence-electron chi connectivity index (χ0n) is 8.77. The van der Waals surface area contributed by atoms with Gasteiger partial charge in [-0.3, -0.25) is 0 Å². The summed E-state index contributed by atoms with van der Waals surface area (Å²) in [7, 11) is 5.75. The largest absolute Gasteiger partial charge is 0.491 e. The van der Waals surface area contributed by atoms with E-state index in [0.29, 0.717) is 13.2 Å². The first-order chi connectivity index (χ1) is 7.67. The van der Waals surface area contributed by atoms with Crippen LogP contribution in [-0.4, -0.2) is 32.6 Å². The molecule has 0 bridgehead atoms. The van der Waals surface area contributed by atoms with E-state index < -0.39 is 0 Å². The third-order valence-corrected chi connectivity index (χ3v) is 2.94. The van der Waals surface area contributed by atoms with Gasteiger partial charge in [0.1, 0.15) is 32.3 Å². The van der Waals surface area contributed by atoms with Gasteiger partial charge in [-0.15, -0.1) is 0 Å². The minimum Gasteiger partial charge on any atom is -0.491 e. The summed E-state index contributed by atoms with van der Waals surface area (Å²) in [4.78, 5) is 4.31. The number of benzene rings is 1. The summed E-state index contributed by atoms with van der Waals surface area (Å²) in [5.41, 5.74) is 6.98. The van der Waals surface area contributed by atoms with Crippen LogP contribution in [0.3, 0.4) is 0 Å². The number of aliphatic imine (C=N–C) groups is 1. The van der Waals surface area contributed by atoms with Gasteiger partial charge in [0, 0.05) is 6.42 Å². The van der Waals surface area contributed by atoms with Crippen LogP contribution in [-0.2, 0) is 11.2 Å². The van der Waals surface area contributed by atoms with Crippen LogP contribution in [0.25, 0.3) is 0 Å². The molecule has 2 heterocycles. The van der Waals surface area contributed by atoms with Crippen molar-refractivity contribution >= 4 is 19.3 Å². The van der Waals surface area contributed by atoms with Crippen LogP contribution < -0.4 is 15.9 Å². The molecule has 1 atom stereocenters. The summed E-state index contributed by atoms with van der Waals surface area (Å²) < 4.78 is 10.9. The molecule has 2 radical (unpaired) electrons. The second-order valence-corrected chi connectivity index (χ2v) is 4.30. The van der Waals surface area contributed by atoms with Crippen molar-refractivity contribution in [1.82, 2.24) is 0 Å².